The SMILES string of the molecule is Cc1cc(F)ccc1CC(F)C1CCNCC1. The first-order valence-electron chi connectivity index (χ1n) is 6.26. The Balaban J connectivity index is 1.99. The Morgan fingerprint density at radius 1 is 1.35 bits per heavy atom. The molecule has 1 saturated heterocycles. The van der Waals surface area contributed by atoms with Crippen LogP contribution in [0.15, 0.2) is 18.2 Å². The van der Waals surface area contributed by atoms with E-state index < -0.39 is 6.17 Å². The molecule has 1 fully saturated rings. The highest BCUT2D eigenvalue weighted by Crippen LogP contribution is 2.23. The lowest BCUT2D eigenvalue weighted by atomic mass is 9.88. The average Bonchev–Trinajstić information content (AvgIpc) is 2.34. The molecule has 1 atom stereocenters. The molecule has 0 amide bonds. The molecule has 0 spiro atoms. The maximum absolute atomic E-state index is 14.1. The van der Waals surface area contributed by atoms with E-state index >= 15 is 0 Å². The first-order valence-corrected chi connectivity index (χ1v) is 6.26. The van der Waals surface area contributed by atoms with Gasteiger partial charge >= 0.3 is 0 Å². The van der Waals surface area contributed by atoms with E-state index in [1.807, 2.05) is 6.92 Å². The van der Waals surface area contributed by atoms with Crippen LogP contribution < -0.4 is 5.32 Å². The second-order valence-corrected chi connectivity index (χ2v) is 4.88. The lowest BCUT2D eigenvalue weighted by Crippen LogP contribution is -2.33. The molecule has 1 aromatic rings. The molecule has 1 aliphatic rings. The molecule has 17 heavy (non-hydrogen) atoms. The van der Waals surface area contributed by atoms with Crippen LogP contribution in [0.4, 0.5) is 8.78 Å². The van der Waals surface area contributed by atoms with E-state index in [-0.39, 0.29) is 11.7 Å². The van der Waals surface area contributed by atoms with Crippen molar-refractivity contribution in [3.63, 3.8) is 0 Å². The third-order valence-electron chi connectivity index (χ3n) is 3.61. The highest BCUT2D eigenvalue weighted by Gasteiger charge is 2.23. The fourth-order valence-electron chi connectivity index (χ4n) is 2.47. The van der Waals surface area contributed by atoms with Gasteiger partial charge in [0.2, 0.25) is 0 Å². The van der Waals surface area contributed by atoms with Crippen LogP contribution in [0.2, 0.25) is 0 Å². The van der Waals surface area contributed by atoms with E-state index in [4.69, 9.17) is 0 Å². The van der Waals surface area contributed by atoms with Crippen molar-refractivity contribution >= 4 is 0 Å². The van der Waals surface area contributed by atoms with E-state index in [0.29, 0.717) is 6.42 Å². The third kappa shape index (κ3) is 3.25. The number of aryl methyl sites for hydroxylation is 1. The highest BCUT2D eigenvalue weighted by atomic mass is 19.1. The molecule has 1 aliphatic heterocycles. The number of piperidine rings is 1. The lowest BCUT2D eigenvalue weighted by molar-refractivity contribution is 0.187. The van der Waals surface area contributed by atoms with E-state index in [0.717, 1.165) is 37.1 Å². The van der Waals surface area contributed by atoms with Crippen molar-refractivity contribution < 1.29 is 8.78 Å². The number of nitrogens with one attached hydrogen (secondary N) is 1. The van der Waals surface area contributed by atoms with Gasteiger partial charge in [0.25, 0.3) is 0 Å². The molecular weight excluding hydrogens is 220 g/mol. The Bertz CT molecular complexity index is 372. The smallest absolute Gasteiger partial charge is 0.123 e. The molecule has 3 heteroatoms. The fraction of sp³-hybridized carbons (Fsp3) is 0.571. The minimum atomic E-state index is -0.804. The summed E-state index contributed by atoms with van der Waals surface area (Å²) in [6.45, 7) is 3.66. The Morgan fingerprint density at radius 3 is 2.71 bits per heavy atom. The van der Waals surface area contributed by atoms with Crippen molar-refractivity contribution in [2.24, 2.45) is 5.92 Å². The lowest BCUT2D eigenvalue weighted by Gasteiger charge is -2.26. The first-order chi connectivity index (χ1) is 8.16. The zero-order valence-corrected chi connectivity index (χ0v) is 10.2. The highest BCUT2D eigenvalue weighted by molar-refractivity contribution is 5.27. The minimum absolute atomic E-state index is 0.153. The first kappa shape index (κ1) is 12.5. The molecule has 0 bridgehead atoms. The van der Waals surface area contributed by atoms with Crippen molar-refractivity contribution in [1.29, 1.82) is 0 Å². The number of hydrogen-bond acceptors (Lipinski definition) is 1. The summed E-state index contributed by atoms with van der Waals surface area (Å²) in [6.07, 6.45) is 1.42. The Kier molecular flexibility index (Phi) is 4.11. The predicted octanol–water partition coefficient (Wildman–Crippen LogP) is 3.01. The van der Waals surface area contributed by atoms with Gasteiger partial charge in [0.05, 0.1) is 0 Å². The zero-order chi connectivity index (χ0) is 12.3. The van der Waals surface area contributed by atoms with Crippen LogP contribution in [0.1, 0.15) is 24.0 Å². The molecule has 94 valence electrons. The van der Waals surface area contributed by atoms with Gasteiger partial charge < -0.3 is 5.32 Å². The van der Waals surface area contributed by atoms with E-state index in [9.17, 15) is 8.78 Å². The van der Waals surface area contributed by atoms with Gasteiger partial charge in [-0.25, -0.2) is 8.78 Å². The van der Waals surface area contributed by atoms with Gasteiger partial charge in [-0.3, -0.25) is 0 Å². The molecule has 0 radical (unpaired) electrons. The largest absolute Gasteiger partial charge is 0.317 e. The summed E-state index contributed by atoms with van der Waals surface area (Å²) < 4.78 is 27.1. The molecule has 1 heterocycles. The maximum Gasteiger partial charge on any atom is 0.123 e. The van der Waals surface area contributed by atoms with Crippen molar-refractivity contribution in [2.75, 3.05) is 13.1 Å². The van der Waals surface area contributed by atoms with Gasteiger partial charge in [-0.05, 0) is 62.0 Å². The van der Waals surface area contributed by atoms with Crippen LogP contribution in [0.3, 0.4) is 0 Å². The molecule has 1 unspecified atom stereocenters. The quantitative estimate of drug-likeness (QED) is 0.855. The summed E-state index contributed by atoms with van der Waals surface area (Å²) in [5.41, 5.74) is 1.78. The third-order valence-corrected chi connectivity index (χ3v) is 3.61. The fourth-order valence-corrected chi connectivity index (χ4v) is 2.47. The molecule has 0 aromatic heterocycles. The summed E-state index contributed by atoms with van der Waals surface area (Å²) in [6, 6.07) is 4.60. The van der Waals surface area contributed by atoms with Crippen LogP contribution in [0.25, 0.3) is 0 Å². The van der Waals surface area contributed by atoms with Gasteiger partial charge in [0.1, 0.15) is 12.0 Å². The molecule has 2 rings (SSSR count). The number of rotatable bonds is 3. The molecular formula is C14H19F2N. The van der Waals surface area contributed by atoms with Crippen LogP contribution in [-0.2, 0) is 6.42 Å². The van der Waals surface area contributed by atoms with Crippen molar-refractivity contribution in [3.05, 3.63) is 35.1 Å². The topological polar surface area (TPSA) is 12.0 Å². The van der Waals surface area contributed by atoms with Gasteiger partial charge in [0, 0.05) is 6.42 Å². The average molecular weight is 239 g/mol. The molecule has 0 aliphatic carbocycles. The standard InChI is InChI=1S/C14H19F2N/c1-10-8-13(15)3-2-12(10)9-14(16)11-4-6-17-7-5-11/h2-3,8,11,14,17H,4-7,9H2,1H3. The van der Waals surface area contributed by atoms with Gasteiger partial charge in [-0.1, -0.05) is 6.07 Å². The zero-order valence-electron chi connectivity index (χ0n) is 10.2. The summed E-state index contributed by atoms with van der Waals surface area (Å²) in [5.74, 6) is -0.0933. The van der Waals surface area contributed by atoms with Crippen LogP contribution >= 0.6 is 0 Å². The van der Waals surface area contributed by atoms with Crippen molar-refractivity contribution in [1.82, 2.24) is 5.32 Å². The predicted molar refractivity (Wildman–Crippen MR) is 65.3 cm³/mol. The number of hydrogen-bond donors (Lipinski definition) is 1. The van der Waals surface area contributed by atoms with Crippen molar-refractivity contribution in [3.8, 4) is 0 Å². The molecule has 1 aromatic carbocycles. The van der Waals surface area contributed by atoms with Crippen LogP contribution in [0.5, 0.6) is 0 Å². The van der Waals surface area contributed by atoms with Gasteiger partial charge in [-0.15, -0.1) is 0 Å². The number of benzene rings is 1. The van der Waals surface area contributed by atoms with E-state index in [1.54, 1.807) is 6.07 Å². The Morgan fingerprint density at radius 2 is 2.06 bits per heavy atom. The van der Waals surface area contributed by atoms with Crippen molar-refractivity contribution in [2.45, 2.75) is 32.4 Å². The van der Waals surface area contributed by atoms with Crippen LogP contribution in [0, 0.1) is 18.7 Å². The van der Waals surface area contributed by atoms with Gasteiger partial charge in [0.15, 0.2) is 0 Å². The minimum Gasteiger partial charge on any atom is -0.317 e. The summed E-state index contributed by atoms with van der Waals surface area (Å²) in [5, 5.41) is 3.24. The van der Waals surface area contributed by atoms with Crippen LogP contribution in [-0.4, -0.2) is 19.3 Å². The molecule has 0 saturated carbocycles. The Hall–Kier alpha value is -0.960. The second-order valence-electron chi connectivity index (χ2n) is 4.88. The molecule has 1 nitrogen and oxygen atoms in total. The Labute approximate surface area is 101 Å². The van der Waals surface area contributed by atoms with Gasteiger partial charge in [-0.2, -0.15) is 0 Å². The van der Waals surface area contributed by atoms with E-state index in [1.165, 1.54) is 12.1 Å². The van der Waals surface area contributed by atoms with E-state index in [2.05, 4.69) is 5.32 Å². The second kappa shape index (κ2) is 5.58. The number of alkyl halides is 1. The molecule has 1 N–H and O–H groups in total. The maximum atomic E-state index is 14.1. The summed E-state index contributed by atoms with van der Waals surface area (Å²) in [4.78, 5) is 0. The summed E-state index contributed by atoms with van der Waals surface area (Å²) in [7, 11) is 0. The number of halogens is 2. The normalized spacial score (nSPS) is 19.2. The monoisotopic (exact) mass is 239 g/mol. The summed E-state index contributed by atoms with van der Waals surface area (Å²) >= 11 is 0.